The first-order chi connectivity index (χ1) is 16.6. The molecule has 4 rings (SSSR count). The van der Waals surface area contributed by atoms with E-state index in [0.717, 1.165) is 21.7 Å². The lowest BCUT2D eigenvalue weighted by Crippen LogP contribution is -2.41. The fourth-order valence-electron chi connectivity index (χ4n) is 4.24. The van der Waals surface area contributed by atoms with Crippen LogP contribution in [0.1, 0.15) is 17.2 Å². The highest BCUT2D eigenvalue weighted by Crippen LogP contribution is 2.51. The molecule has 0 spiro atoms. The molecule has 3 nitrogen and oxygen atoms in total. The SMILES string of the molecule is [B][P+](CC(=O)N(Cc1ccccc1)[C@@H](CO)c1ccccc1)(c1ccccc1)c1ccccc1. The zero-order valence-corrected chi connectivity index (χ0v) is 20.0. The Morgan fingerprint density at radius 2 is 1.18 bits per heavy atom. The van der Waals surface area contributed by atoms with E-state index in [9.17, 15) is 9.90 Å². The van der Waals surface area contributed by atoms with E-state index in [1.807, 2.05) is 121 Å². The molecule has 2 radical (unpaired) electrons. The first kappa shape index (κ1) is 23.9. The number of hydrogen-bond acceptors (Lipinski definition) is 2. The number of aliphatic hydroxyl groups is 1. The standard InChI is InChI=1S/C29H28BNO2P/c30-34(26-17-9-3-10-18-26,27-19-11-4-12-20-27)23-29(33)31(21-24-13-5-1-6-14-24)28(22-32)25-15-7-2-8-16-25/h1-20,28,32H,21-23H2/q+1/t28-/m0/s1. The molecule has 0 bridgehead atoms. The third-order valence-electron chi connectivity index (χ3n) is 6.07. The van der Waals surface area contributed by atoms with Crippen LogP contribution in [-0.2, 0) is 11.3 Å². The summed E-state index contributed by atoms with van der Waals surface area (Å²) >= 11 is 0. The summed E-state index contributed by atoms with van der Waals surface area (Å²) in [5.41, 5.74) is 1.90. The molecule has 0 saturated carbocycles. The molecular weight excluding hydrogens is 436 g/mol. The Morgan fingerprint density at radius 3 is 1.65 bits per heavy atom. The number of amides is 1. The molecule has 0 heterocycles. The van der Waals surface area contributed by atoms with Gasteiger partial charge in [0.2, 0.25) is 0 Å². The Bertz CT molecular complexity index is 1130. The van der Waals surface area contributed by atoms with Crippen molar-refractivity contribution >= 4 is 31.2 Å². The molecule has 0 aliphatic rings. The summed E-state index contributed by atoms with van der Waals surface area (Å²) in [5, 5.41) is 12.4. The Labute approximate surface area is 203 Å². The van der Waals surface area contributed by atoms with Crippen molar-refractivity contribution in [1.29, 1.82) is 0 Å². The van der Waals surface area contributed by atoms with Crippen molar-refractivity contribution in [1.82, 2.24) is 4.90 Å². The van der Waals surface area contributed by atoms with Crippen LogP contribution in [0.15, 0.2) is 121 Å². The maximum Gasteiger partial charge on any atom is 0.377 e. The fourth-order valence-corrected chi connectivity index (χ4v) is 6.92. The highest BCUT2D eigenvalue weighted by molar-refractivity contribution is 8.09. The summed E-state index contributed by atoms with van der Waals surface area (Å²) in [7, 11) is 4.65. The van der Waals surface area contributed by atoms with Crippen LogP contribution in [0.4, 0.5) is 0 Å². The van der Waals surface area contributed by atoms with Gasteiger partial charge in [-0.1, -0.05) is 97.1 Å². The Kier molecular flexibility index (Phi) is 7.95. The minimum absolute atomic E-state index is 0.0738. The van der Waals surface area contributed by atoms with E-state index in [1.54, 1.807) is 4.90 Å². The summed E-state index contributed by atoms with van der Waals surface area (Å²) in [6, 6.07) is 38.9. The molecule has 1 N–H and O–H groups in total. The molecule has 4 aromatic carbocycles. The normalized spacial score (nSPS) is 12.1. The van der Waals surface area contributed by atoms with Gasteiger partial charge in [-0.2, -0.15) is 0 Å². The van der Waals surface area contributed by atoms with Crippen molar-refractivity contribution in [2.24, 2.45) is 0 Å². The summed E-state index contributed by atoms with van der Waals surface area (Å²) in [4.78, 5) is 15.8. The van der Waals surface area contributed by atoms with Gasteiger partial charge in [-0.15, -0.1) is 0 Å². The second-order valence-corrected chi connectivity index (χ2v) is 11.4. The van der Waals surface area contributed by atoms with E-state index >= 15 is 0 Å². The van der Waals surface area contributed by atoms with Gasteiger partial charge in [0.15, 0.2) is 0 Å². The first-order valence-electron chi connectivity index (χ1n) is 11.4. The molecule has 0 aliphatic heterocycles. The summed E-state index contributed by atoms with van der Waals surface area (Å²) in [5.74, 6) is -0.0738. The third kappa shape index (κ3) is 5.47. The van der Waals surface area contributed by atoms with Gasteiger partial charge in [0.05, 0.1) is 23.3 Å². The van der Waals surface area contributed by atoms with Gasteiger partial charge in [0.1, 0.15) is 6.16 Å². The van der Waals surface area contributed by atoms with E-state index in [0.29, 0.717) is 6.54 Å². The first-order valence-corrected chi connectivity index (χ1v) is 13.4. The maximum atomic E-state index is 14.0. The number of benzene rings is 4. The van der Waals surface area contributed by atoms with Crippen molar-refractivity contribution in [3.63, 3.8) is 0 Å². The molecule has 1 atom stereocenters. The van der Waals surface area contributed by atoms with Gasteiger partial charge in [0.25, 0.3) is 5.91 Å². The highest BCUT2D eigenvalue weighted by atomic mass is 31.2. The molecule has 4 aromatic rings. The molecule has 34 heavy (non-hydrogen) atoms. The second-order valence-electron chi connectivity index (χ2n) is 8.31. The van der Waals surface area contributed by atoms with Gasteiger partial charge in [0, 0.05) is 13.7 Å². The van der Waals surface area contributed by atoms with Gasteiger partial charge >= 0.3 is 7.57 Å². The molecule has 5 heteroatoms. The zero-order chi connectivity index (χ0) is 23.8. The molecule has 0 aliphatic carbocycles. The monoisotopic (exact) mass is 464 g/mol. The van der Waals surface area contributed by atoms with Crippen molar-refractivity contribution in [3.8, 4) is 0 Å². The Hall–Kier alpha value is -3.20. The minimum Gasteiger partial charge on any atom is -0.394 e. The van der Waals surface area contributed by atoms with Crippen molar-refractivity contribution in [3.05, 3.63) is 132 Å². The van der Waals surface area contributed by atoms with E-state index in [4.69, 9.17) is 7.57 Å². The molecule has 168 valence electrons. The number of rotatable bonds is 9. The van der Waals surface area contributed by atoms with Crippen LogP contribution in [0, 0.1) is 0 Å². The number of hydrogen-bond donors (Lipinski definition) is 1. The smallest absolute Gasteiger partial charge is 0.377 e. The van der Waals surface area contributed by atoms with E-state index in [1.165, 1.54) is 0 Å². The lowest BCUT2D eigenvalue weighted by molar-refractivity contribution is -0.132. The van der Waals surface area contributed by atoms with Gasteiger partial charge in [-0.25, -0.2) is 0 Å². The van der Waals surface area contributed by atoms with Crippen LogP contribution in [-0.4, -0.2) is 36.2 Å². The highest BCUT2D eigenvalue weighted by Gasteiger charge is 2.42. The predicted molar refractivity (Wildman–Crippen MR) is 143 cm³/mol. The minimum atomic E-state index is -2.50. The molecule has 0 unspecified atom stereocenters. The molecule has 1 amide bonds. The van der Waals surface area contributed by atoms with Crippen LogP contribution >= 0.6 is 7.14 Å². The number of nitrogens with zero attached hydrogens (tertiary/aromatic N) is 1. The van der Waals surface area contributed by atoms with Crippen LogP contribution in [0.25, 0.3) is 0 Å². The molecule has 0 aromatic heterocycles. The largest absolute Gasteiger partial charge is 0.394 e. The van der Waals surface area contributed by atoms with E-state index in [-0.39, 0.29) is 18.7 Å². The Balaban J connectivity index is 1.73. The lowest BCUT2D eigenvalue weighted by atomic mass is 10.0. The van der Waals surface area contributed by atoms with E-state index in [2.05, 4.69) is 0 Å². The number of aliphatic hydroxyl groups excluding tert-OH is 1. The average molecular weight is 464 g/mol. The van der Waals surface area contributed by atoms with Crippen LogP contribution in [0.5, 0.6) is 0 Å². The van der Waals surface area contributed by atoms with E-state index < -0.39 is 13.2 Å². The van der Waals surface area contributed by atoms with Crippen molar-refractivity contribution in [2.45, 2.75) is 12.6 Å². The van der Waals surface area contributed by atoms with Gasteiger partial charge in [-0.3, -0.25) is 4.79 Å². The number of carbonyl (C=O) groups excluding carboxylic acids is 1. The Morgan fingerprint density at radius 1 is 0.735 bits per heavy atom. The summed E-state index contributed by atoms with van der Waals surface area (Å²) in [6.07, 6.45) is 0.178. The van der Waals surface area contributed by atoms with Crippen LogP contribution in [0.2, 0.25) is 0 Å². The molecule has 0 saturated heterocycles. The number of carbonyl (C=O) groups is 1. The van der Waals surface area contributed by atoms with Gasteiger partial charge < -0.3 is 10.0 Å². The van der Waals surface area contributed by atoms with Crippen LogP contribution < -0.4 is 10.6 Å². The topological polar surface area (TPSA) is 40.5 Å². The second kappa shape index (κ2) is 11.3. The van der Waals surface area contributed by atoms with Crippen LogP contribution in [0.3, 0.4) is 0 Å². The third-order valence-corrected chi connectivity index (χ3v) is 9.28. The lowest BCUT2D eigenvalue weighted by Gasteiger charge is -2.33. The summed E-state index contributed by atoms with van der Waals surface area (Å²) in [6.45, 7) is 0.221. The van der Waals surface area contributed by atoms with Gasteiger partial charge in [-0.05, 0) is 35.4 Å². The average Bonchev–Trinajstić information content (AvgIpc) is 2.90. The molecule has 0 fully saturated rings. The zero-order valence-electron chi connectivity index (χ0n) is 19.1. The quantitative estimate of drug-likeness (QED) is 0.293. The fraction of sp³-hybridized carbons (Fsp3) is 0.138. The predicted octanol–water partition coefficient (Wildman–Crippen LogP) is 4.50. The maximum absolute atomic E-state index is 14.0. The summed E-state index contributed by atoms with van der Waals surface area (Å²) < 4.78 is 0. The van der Waals surface area contributed by atoms with Crippen molar-refractivity contribution < 1.29 is 9.90 Å². The van der Waals surface area contributed by atoms with Crippen molar-refractivity contribution in [2.75, 3.05) is 12.8 Å². The molecular formula is C29H28BNO2P+.